The van der Waals surface area contributed by atoms with Gasteiger partial charge in [-0.15, -0.1) is 0 Å². The van der Waals surface area contributed by atoms with Crippen molar-refractivity contribution < 1.29 is 14.8 Å². The summed E-state index contributed by atoms with van der Waals surface area (Å²) in [7, 11) is 0. The fraction of sp³-hybridized carbons (Fsp3) is 0.0526. The van der Waals surface area contributed by atoms with Gasteiger partial charge in [-0.05, 0) is 30.3 Å². The van der Waals surface area contributed by atoms with Crippen LogP contribution in [0, 0.1) is 10.1 Å². The number of rotatable bonds is 5. The molecule has 0 bridgehead atoms. The Balaban J connectivity index is 2.08. The van der Waals surface area contributed by atoms with Gasteiger partial charge >= 0.3 is 0 Å². The Hall–Kier alpha value is -3.74. The van der Waals surface area contributed by atoms with Crippen molar-refractivity contribution in [3.63, 3.8) is 0 Å². The number of amides is 1. The van der Waals surface area contributed by atoms with Gasteiger partial charge in [-0.3, -0.25) is 24.8 Å². The van der Waals surface area contributed by atoms with Crippen LogP contribution in [0.5, 0.6) is 5.75 Å². The first-order valence-corrected chi connectivity index (χ1v) is 7.81. The van der Waals surface area contributed by atoms with Crippen LogP contribution in [0.3, 0.4) is 0 Å². The number of pyridine rings is 1. The molecule has 0 spiro atoms. The first-order chi connectivity index (χ1) is 12.6. The van der Waals surface area contributed by atoms with Crippen LogP contribution < -0.4 is 4.90 Å². The maximum absolute atomic E-state index is 13.1. The van der Waals surface area contributed by atoms with Crippen LogP contribution in [0.15, 0.2) is 72.9 Å². The standard InChI is InChI=1S/C19H15N3O4/c23-18-11-4-3-10-17(18)21(13-14-7-5-6-12-20-14)19(24)15-8-1-2-9-16(15)22(25)26/h1-12,23H,13H2. The topological polar surface area (TPSA) is 96.6 Å². The molecule has 26 heavy (non-hydrogen) atoms. The van der Waals surface area contributed by atoms with Crippen LogP contribution >= 0.6 is 0 Å². The average Bonchev–Trinajstić information content (AvgIpc) is 2.67. The summed E-state index contributed by atoms with van der Waals surface area (Å²) in [6, 6.07) is 17.3. The number of nitro benzene ring substituents is 1. The van der Waals surface area contributed by atoms with E-state index >= 15 is 0 Å². The number of nitro groups is 1. The molecule has 0 saturated heterocycles. The van der Waals surface area contributed by atoms with E-state index in [2.05, 4.69) is 4.98 Å². The summed E-state index contributed by atoms with van der Waals surface area (Å²) in [5, 5.41) is 21.5. The molecule has 0 atom stereocenters. The van der Waals surface area contributed by atoms with Gasteiger partial charge in [-0.2, -0.15) is 0 Å². The van der Waals surface area contributed by atoms with Gasteiger partial charge < -0.3 is 5.11 Å². The lowest BCUT2D eigenvalue weighted by atomic mass is 10.1. The molecule has 0 fully saturated rings. The number of para-hydroxylation sites is 3. The maximum atomic E-state index is 13.1. The van der Waals surface area contributed by atoms with Gasteiger partial charge in [-0.1, -0.05) is 30.3 Å². The normalized spacial score (nSPS) is 10.3. The van der Waals surface area contributed by atoms with Gasteiger partial charge in [0, 0.05) is 12.3 Å². The summed E-state index contributed by atoms with van der Waals surface area (Å²) >= 11 is 0. The van der Waals surface area contributed by atoms with Crippen LogP contribution in [0.2, 0.25) is 0 Å². The monoisotopic (exact) mass is 349 g/mol. The van der Waals surface area contributed by atoms with E-state index in [4.69, 9.17) is 0 Å². The quantitative estimate of drug-likeness (QED) is 0.561. The SMILES string of the molecule is O=C(c1ccccc1[N+](=O)[O-])N(Cc1ccccn1)c1ccccc1O. The van der Waals surface area contributed by atoms with Crippen molar-refractivity contribution >= 4 is 17.3 Å². The number of benzene rings is 2. The van der Waals surface area contributed by atoms with Crippen LogP contribution in [-0.4, -0.2) is 20.9 Å². The zero-order valence-corrected chi connectivity index (χ0v) is 13.6. The molecule has 0 aliphatic rings. The number of hydrogen-bond acceptors (Lipinski definition) is 5. The molecule has 0 unspecified atom stereocenters. The van der Waals surface area contributed by atoms with E-state index < -0.39 is 10.8 Å². The molecular formula is C19H15N3O4. The van der Waals surface area contributed by atoms with Gasteiger partial charge in [0.05, 0.1) is 22.8 Å². The minimum absolute atomic E-state index is 0.0586. The number of hydrogen-bond donors (Lipinski definition) is 1. The van der Waals surface area contributed by atoms with Crippen LogP contribution in [-0.2, 0) is 6.54 Å². The fourth-order valence-electron chi connectivity index (χ4n) is 2.57. The van der Waals surface area contributed by atoms with Crippen molar-refractivity contribution in [3.05, 3.63) is 94.3 Å². The molecule has 3 rings (SSSR count). The van der Waals surface area contributed by atoms with E-state index in [1.807, 2.05) is 0 Å². The highest BCUT2D eigenvalue weighted by Gasteiger charge is 2.27. The largest absolute Gasteiger partial charge is 0.506 e. The van der Waals surface area contributed by atoms with Gasteiger partial charge in [-0.25, -0.2) is 0 Å². The smallest absolute Gasteiger partial charge is 0.282 e. The molecule has 0 saturated carbocycles. The molecule has 7 nitrogen and oxygen atoms in total. The Kier molecular flexibility index (Phi) is 4.89. The van der Waals surface area contributed by atoms with E-state index in [0.29, 0.717) is 5.69 Å². The lowest BCUT2D eigenvalue weighted by Gasteiger charge is -2.23. The molecule has 0 radical (unpaired) electrons. The third-order valence-electron chi connectivity index (χ3n) is 3.80. The van der Waals surface area contributed by atoms with Crippen molar-refractivity contribution in [1.29, 1.82) is 0 Å². The first kappa shape index (κ1) is 17.1. The number of nitrogens with zero attached hydrogens (tertiary/aromatic N) is 3. The Morgan fingerprint density at radius 1 is 1.04 bits per heavy atom. The molecule has 1 N–H and O–H groups in total. The third-order valence-corrected chi connectivity index (χ3v) is 3.80. The second kappa shape index (κ2) is 7.43. The molecule has 0 aliphatic carbocycles. The lowest BCUT2D eigenvalue weighted by molar-refractivity contribution is -0.385. The number of carbonyl (C=O) groups is 1. The van der Waals surface area contributed by atoms with Gasteiger partial charge in [0.25, 0.3) is 11.6 Å². The minimum Gasteiger partial charge on any atom is -0.506 e. The second-order valence-corrected chi connectivity index (χ2v) is 5.48. The van der Waals surface area contributed by atoms with Crippen LogP contribution in [0.25, 0.3) is 0 Å². The van der Waals surface area contributed by atoms with Crippen LogP contribution in [0.4, 0.5) is 11.4 Å². The lowest BCUT2D eigenvalue weighted by Crippen LogP contribution is -2.31. The summed E-state index contributed by atoms with van der Waals surface area (Å²) in [5.74, 6) is -0.695. The Labute approximate surface area is 149 Å². The zero-order valence-electron chi connectivity index (χ0n) is 13.6. The van der Waals surface area contributed by atoms with Gasteiger partial charge in [0.15, 0.2) is 0 Å². The molecule has 2 aromatic carbocycles. The summed E-state index contributed by atoms with van der Waals surface area (Å²) in [6.45, 7) is 0.0588. The summed E-state index contributed by atoms with van der Waals surface area (Å²) in [5.41, 5.74) is 0.486. The summed E-state index contributed by atoms with van der Waals surface area (Å²) in [4.78, 5) is 29.3. The van der Waals surface area contributed by atoms with Gasteiger partial charge in [0.2, 0.25) is 0 Å². The molecule has 3 aromatic rings. The number of aromatic nitrogens is 1. The first-order valence-electron chi connectivity index (χ1n) is 7.81. The third kappa shape index (κ3) is 3.51. The fourth-order valence-corrected chi connectivity index (χ4v) is 2.57. The van der Waals surface area contributed by atoms with E-state index in [1.165, 1.54) is 29.2 Å². The zero-order chi connectivity index (χ0) is 18.5. The number of carbonyl (C=O) groups excluding carboxylic acids is 1. The highest BCUT2D eigenvalue weighted by molar-refractivity contribution is 6.09. The number of phenolic OH excluding ortho intramolecular Hbond substituents is 1. The molecule has 1 heterocycles. The average molecular weight is 349 g/mol. The minimum atomic E-state index is -0.600. The molecule has 0 aliphatic heterocycles. The molecular weight excluding hydrogens is 334 g/mol. The van der Waals surface area contributed by atoms with Gasteiger partial charge in [0.1, 0.15) is 11.3 Å². The Morgan fingerprint density at radius 2 is 1.73 bits per heavy atom. The molecule has 1 aromatic heterocycles. The molecule has 7 heteroatoms. The highest BCUT2D eigenvalue weighted by atomic mass is 16.6. The number of aromatic hydroxyl groups is 1. The molecule has 130 valence electrons. The van der Waals surface area contributed by atoms with Crippen molar-refractivity contribution in [2.45, 2.75) is 6.54 Å². The predicted molar refractivity (Wildman–Crippen MR) is 96.0 cm³/mol. The number of phenols is 1. The van der Waals surface area contributed by atoms with Crippen molar-refractivity contribution in [2.75, 3.05) is 4.90 Å². The van der Waals surface area contributed by atoms with Crippen LogP contribution in [0.1, 0.15) is 16.1 Å². The van der Waals surface area contributed by atoms with E-state index in [9.17, 15) is 20.0 Å². The predicted octanol–water partition coefficient (Wildman–Crippen LogP) is 3.54. The Bertz CT molecular complexity index is 944. The summed E-state index contributed by atoms with van der Waals surface area (Å²) < 4.78 is 0. The van der Waals surface area contributed by atoms with E-state index in [1.54, 1.807) is 48.7 Å². The van der Waals surface area contributed by atoms with Crippen molar-refractivity contribution in [1.82, 2.24) is 4.98 Å². The van der Waals surface area contributed by atoms with Crippen molar-refractivity contribution in [2.24, 2.45) is 0 Å². The Morgan fingerprint density at radius 3 is 2.42 bits per heavy atom. The van der Waals surface area contributed by atoms with E-state index in [-0.39, 0.29) is 29.2 Å². The maximum Gasteiger partial charge on any atom is 0.282 e. The molecule has 1 amide bonds. The highest BCUT2D eigenvalue weighted by Crippen LogP contribution is 2.30. The van der Waals surface area contributed by atoms with E-state index in [0.717, 1.165) is 0 Å². The van der Waals surface area contributed by atoms with Crippen molar-refractivity contribution in [3.8, 4) is 5.75 Å². The summed E-state index contributed by atoms with van der Waals surface area (Å²) in [6.07, 6.45) is 1.59. The number of anilines is 1. The second-order valence-electron chi connectivity index (χ2n) is 5.48.